The first kappa shape index (κ1) is 107. The summed E-state index contributed by atoms with van der Waals surface area (Å²) in [6.45, 7) is 29.1. The number of carbonyl (C=O) groups excluding carboxylic acids is 9. The molecule has 0 saturated carbocycles. The monoisotopic (exact) mass is 2380 g/mol. The van der Waals surface area contributed by atoms with Crippen molar-refractivity contribution in [2.24, 2.45) is 0 Å². The molecule has 0 amide bonds. The van der Waals surface area contributed by atoms with E-state index in [4.69, 9.17) is 28.4 Å². The van der Waals surface area contributed by atoms with Gasteiger partial charge in [0.15, 0.2) is 23.0 Å². The Morgan fingerprint density at radius 2 is 0.589 bits per heavy atom. The van der Waals surface area contributed by atoms with Crippen molar-refractivity contribution in [3.63, 3.8) is 0 Å². The van der Waals surface area contributed by atoms with E-state index in [0.717, 1.165) is 129 Å². The molecule has 0 aromatic rings. The van der Waals surface area contributed by atoms with E-state index in [1.54, 1.807) is 30.1 Å². The molecule has 0 saturated heterocycles. The average Bonchev–Trinajstić information content (AvgIpc) is 1.74. The number of esters is 9. The lowest BCUT2D eigenvalue weighted by Crippen LogP contribution is -1.98. The minimum atomic E-state index is -0.350. The molecule has 9 heterocycles. The molecule has 31 heteroatoms. The van der Waals surface area contributed by atoms with Crippen LogP contribution in [0.1, 0.15) is 235 Å². The Morgan fingerprint density at radius 1 is 0.304 bits per heavy atom. The highest BCUT2D eigenvalue weighted by Gasteiger charge is 2.30. The summed E-state index contributed by atoms with van der Waals surface area (Å²) in [5.41, 5.74) is 5.86. The largest absolute Gasteiger partial charge is 0.423 e. The highest BCUT2D eigenvalue weighted by atomic mass is 79.9. The molecular formula is C81H95Br13O18. The van der Waals surface area contributed by atoms with Crippen molar-refractivity contribution in [2.45, 2.75) is 235 Å². The number of unbranched alkanes of at least 4 members (excludes halogenated alkanes) is 17. The van der Waals surface area contributed by atoms with Gasteiger partial charge in [-0.25, -0.2) is 43.2 Å². The first-order valence-corrected chi connectivity index (χ1v) is 46.8. The summed E-state index contributed by atoms with van der Waals surface area (Å²) in [6, 6.07) is 0. The van der Waals surface area contributed by atoms with Gasteiger partial charge in [-0.15, -0.1) is 0 Å². The van der Waals surface area contributed by atoms with Crippen LogP contribution in [0.5, 0.6) is 0 Å². The van der Waals surface area contributed by atoms with Crippen LogP contribution in [0.15, 0.2) is 196 Å². The van der Waals surface area contributed by atoms with Gasteiger partial charge in [-0.05, 0) is 299 Å². The molecule has 9 aliphatic heterocycles. The zero-order chi connectivity index (χ0) is 84.6. The smallest absolute Gasteiger partial charge is 0.351 e. The normalized spacial score (nSPS) is 16.6. The maximum Gasteiger partial charge on any atom is 0.351 e. The van der Waals surface area contributed by atoms with E-state index in [2.05, 4.69) is 282 Å². The minimum Gasteiger partial charge on any atom is -0.423 e. The Kier molecular flexibility index (Phi) is 58.3. The summed E-state index contributed by atoms with van der Waals surface area (Å²) in [4.78, 5) is 100.0. The molecule has 0 aliphatic carbocycles. The second-order valence-corrected chi connectivity index (χ2v) is 39.0. The summed E-state index contributed by atoms with van der Waals surface area (Å²) in [5.74, 6) is 2.18. The Bertz CT molecular complexity index is 3850. The lowest BCUT2D eigenvalue weighted by atomic mass is 10.0. The Hall–Kier alpha value is -3.21. The molecule has 0 atom stereocenters. The number of hydrogen-bond acceptors (Lipinski definition) is 18. The predicted molar refractivity (Wildman–Crippen MR) is 488 cm³/mol. The first-order valence-electron chi connectivity index (χ1n) is 36.4. The molecular weight excluding hydrogens is 2300 g/mol. The van der Waals surface area contributed by atoms with Gasteiger partial charge in [0, 0.05) is 56.1 Å². The summed E-state index contributed by atoms with van der Waals surface area (Å²) in [7, 11) is 0. The fourth-order valence-corrected chi connectivity index (χ4v) is 13.4. The average molecular weight is 2400 g/mol. The molecule has 9 aliphatic rings. The van der Waals surface area contributed by atoms with Gasteiger partial charge in [0.25, 0.3) is 0 Å². The molecule has 0 unspecified atom stereocenters. The van der Waals surface area contributed by atoms with Crippen LogP contribution in [0.4, 0.5) is 0 Å². The molecule has 18 nitrogen and oxygen atoms in total. The zero-order valence-electron chi connectivity index (χ0n) is 63.7. The highest BCUT2D eigenvalue weighted by Crippen LogP contribution is 2.37. The van der Waals surface area contributed by atoms with Crippen LogP contribution in [0, 0.1) is 0 Å². The summed E-state index contributed by atoms with van der Waals surface area (Å²) in [5, 5.41) is 0. The van der Waals surface area contributed by atoms with Gasteiger partial charge in [0.1, 0.15) is 60.3 Å². The summed E-state index contributed by atoms with van der Waals surface area (Å²) in [6.07, 6.45) is 44.0. The Morgan fingerprint density at radius 3 is 0.830 bits per heavy atom. The van der Waals surface area contributed by atoms with Gasteiger partial charge in [-0.2, -0.15) is 0 Å². The second-order valence-electron chi connectivity index (χ2n) is 24.8. The van der Waals surface area contributed by atoms with Crippen molar-refractivity contribution in [1.82, 2.24) is 0 Å². The van der Waals surface area contributed by atoms with Crippen LogP contribution in [-0.4, -0.2) is 53.7 Å². The van der Waals surface area contributed by atoms with Crippen LogP contribution in [-0.2, 0) is 85.8 Å². The minimum absolute atomic E-state index is 0.200. The van der Waals surface area contributed by atoms with Crippen molar-refractivity contribution in [3.05, 3.63) is 196 Å². The van der Waals surface area contributed by atoms with Crippen LogP contribution in [0.2, 0.25) is 0 Å². The Labute approximate surface area is 768 Å². The van der Waals surface area contributed by atoms with Gasteiger partial charge in [0.2, 0.25) is 0 Å². The van der Waals surface area contributed by atoms with Gasteiger partial charge < -0.3 is 42.6 Å². The molecule has 0 aromatic carbocycles. The van der Waals surface area contributed by atoms with E-state index in [-0.39, 0.29) is 53.7 Å². The quantitative estimate of drug-likeness (QED) is 0.0384. The molecule has 0 aromatic heterocycles. The summed E-state index contributed by atoms with van der Waals surface area (Å²) < 4.78 is 48.4. The lowest BCUT2D eigenvalue weighted by molar-refractivity contribution is -0.134. The van der Waals surface area contributed by atoms with Crippen molar-refractivity contribution < 1.29 is 85.8 Å². The van der Waals surface area contributed by atoms with Gasteiger partial charge >= 0.3 is 53.7 Å². The van der Waals surface area contributed by atoms with Gasteiger partial charge in [-0.1, -0.05) is 199 Å². The molecule has 0 N–H and O–H groups in total. The maximum absolute atomic E-state index is 11.6. The van der Waals surface area contributed by atoms with E-state index in [9.17, 15) is 43.2 Å². The highest BCUT2D eigenvalue weighted by molar-refractivity contribution is 9.29. The van der Waals surface area contributed by atoms with Crippen molar-refractivity contribution >= 4 is 261 Å². The predicted octanol–water partition coefficient (Wildman–Crippen LogP) is 29.0. The summed E-state index contributed by atoms with van der Waals surface area (Å²) >= 11 is 41.2. The molecule has 0 fully saturated rings. The third-order valence-corrected chi connectivity index (χ3v) is 22.8. The SMILES string of the molecule is C=C1OC(=O)C(Br)=C1C.C=C1OC(=O)C(Br)=C1CCC.C=C1OC(=O)C(Br)=C1CCCC.C=C1OC(=O)C(Br)=C1CCCCCC.CCCCC1=CC(=C(Br)Br)OC1=O.CCCCCCCCC1=CC(=C(Br)Br)OC1=O.CCCCCCCCCCC1=CC(=C(Br)Br)OC1=O.O=C1C=C/C(=C/Br)O1.O=C1C=CC(=C(Br)Br)O1. The topological polar surface area (TPSA) is 237 Å². The fourth-order valence-electron chi connectivity index (χ4n) is 9.75. The third-order valence-electron chi connectivity index (χ3n) is 15.9. The van der Waals surface area contributed by atoms with E-state index in [1.165, 1.54) is 108 Å². The molecule has 112 heavy (non-hydrogen) atoms. The number of rotatable bonds is 29. The van der Waals surface area contributed by atoms with Crippen LogP contribution in [0.25, 0.3) is 0 Å². The van der Waals surface area contributed by atoms with Crippen molar-refractivity contribution in [2.75, 3.05) is 0 Å². The first-order chi connectivity index (χ1) is 53.1. The third kappa shape index (κ3) is 42.5. The number of cyclic esters (lactones) is 9. The van der Waals surface area contributed by atoms with Crippen molar-refractivity contribution in [3.8, 4) is 0 Å². The van der Waals surface area contributed by atoms with Crippen LogP contribution < -0.4 is 0 Å². The molecule has 618 valence electrons. The molecule has 0 radical (unpaired) electrons. The zero-order valence-corrected chi connectivity index (χ0v) is 84.3. The Balaban J connectivity index is 0.000000637. The standard InChI is InChI=1S/C15H22Br2O2.C13H18Br2O2.C11H15BrO2.C9H10Br2O2.C9H11BrO2.C8H9BrO2.C6H5BrO2.C5H2Br2O2.C5H3BrO2/c1-2-3-4-5-6-7-8-9-10-12-11-13(14(16)17)19-15(12)18;1-2-3-4-5-6-7-8-10-9-11(12(14)15)17-13(10)16;1-3-4-5-6-7-9-8(2)14-11(13)10(9)12;1-2-3-4-6-5-7(8(10)11)13-9(6)12;1-3-4-5-7-6(2)12-9(11)8(7)10;1-3-4-6-5(2)11-8(10)7(6)9;1-3-4(2)9-6(8)5(3)7;6-5(7)3-1-2-4(8)9-3;6-3-4-1-2-5(7)8-4/h11H,2-10H2,1H3;9H,2-8H2,1H3;2-7H2,1H3;5H,2-4H2,1H3;2-5H2,1H3;2-4H2,1H3;2H2,1H3;1-2H;1-3H/b;;;;;;;;4-3-. The number of carbonyl (C=O) groups is 9. The second kappa shape index (κ2) is 61.1. The number of ether oxygens (including phenoxy) is 9. The fraction of sp³-hybridized carbons (Fsp3) is 0.444. The van der Waals surface area contributed by atoms with Gasteiger partial charge in [-0.3, -0.25) is 0 Å². The van der Waals surface area contributed by atoms with E-state index in [0.29, 0.717) is 83.3 Å². The van der Waals surface area contributed by atoms with Crippen LogP contribution >= 0.6 is 207 Å². The number of allylic oxidation sites excluding steroid dienone is 9. The lowest BCUT2D eigenvalue weighted by Gasteiger charge is -2.01. The van der Waals surface area contributed by atoms with Gasteiger partial charge in [0.05, 0.1) is 0 Å². The van der Waals surface area contributed by atoms with E-state index in [1.807, 2.05) is 19.1 Å². The van der Waals surface area contributed by atoms with E-state index < -0.39 is 0 Å². The van der Waals surface area contributed by atoms with E-state index >= 15 is 0 Å². The molecule has 9 rings (SSSR count). The number of halogens is 13. The molecule has 0 spiro atoms. The van der Waals surface area contributed by atoms with Crippen molar-refractivity contribution in [1.29, 1.82) is 0 Å². The maximum atomic E-state index is 11.6. The van der Waals surface area contributed by atoms with Crippen LogP contribution in [0.3, 0.4) is 0 Å². The molecule has 0 bridgehead atoms. The number of hydrogen-bond donors (Lipinski definition) is 0.